The van der Waals surface area contributed by atoms with Gasteiger partial charge in [0.1, 0.15) is 18.4 Å². The molecule has 1 heterocycles. The summed E-state index contributed by atoms with van der Waals surface area (Å²) in [7, 11) is 0. The lowest BCUT2D eigenvalue weighted by Gasteiger charge is -2.15. The first-order chi connectivity index (χ1) is 9.90. The number of urea groups is 1. The topological polar surface area (TPSA) is 58.6 Å². The van der Waals surface area contributed by atoms with Gasteiger partial charge in [-0.2, -0.15) is 0 Å². The van der Waals surface area contributed by atoms with Gasteiger partial charge in [0, 0.05) is 5.02 Å². The van der Waals surface area contributed by atoms with Crippen molar-refractivity contribution in [1.29, 1.82) is 0 Å². The summed E-state index contributed by atoms with van der Waals surface area (Å²) in [4.78, 5) is 25.0. The lowest BCUT2D eigenvalue weighted by atomic mass is 10.1. The molecule has 3 amide bonds. The minimum absolute atomic E-state index is 0.0674. The lowest BCUT2D eigenvalue weighted by molar-refractivity contribution is -0.128. The first-order valence-electron chi connectivity index (χ1n) is 6.60. The fraction of sp³-hybridized carbons (Fsp3) is 0.429. The van der Waals surface area contributed by atoms with Gasteiger partial charge in [-0.3, -0.25) is 9.69 Å². The van der Waals surface area contributed by atoms with Gasteiger partial charge in [-0.25, -0.2) is 4.79 Å². The first kappa shape index (κ1) is 16.1. The summed E-state index contributed by atoms with van der Waals surface area (Å²) in [5.41, 5.74) is 0. The Hall–Kier alpha value is -1.27. The number of nitrogens with one attached hydrogen (secondary N) is 1. The number of nitrogens with zero attached hydrogens (tertiary/aromatic N) is 1. The molecule has 21 heavy (non-hydrogen) atoms. The van der Waals surface area contributed by atoms with Crippen molar-refractivity contribution < 1.29 is 14.3 Å². The standard InChI is InChI=1S/C14H16BrClN2O3/c1-8(2)12-13(19)18(14(20)17-12)5-6-21-11-4-3-9(16)7-10(11)15/h3-4,7-8,12H,5-6H2,1-2H3,(H,17,20). The third-order valence-corrected chi connectivity index (χ3v) is 4.04. The first-order valence-corrected chi connectivity index (χ1v) is 7.77. The van der Waals surface area contributed by atoms with Crippen LogP contribution in [0, 0.1) is 5.92 Å². The van der Waals surface area contributed by atoms with Crippen LogP contribution in [-0.4, -0.2) is 36.0 Å². The van der Waals surface area contributed by atoms with Gasteiger partial charge in [0.15, 0.2) is 0 Å². The number of carbonyl (C=O) groups is 2. The second-order valence-electron chi connectivity index (χ2n) is 5.08. The number of hydrogen-bond donors (Lipinski definition) is 1. The van der Waals surface area contributed by atoms with Crippen molar-refractivity contribution in [1.82, 2.24) is 10.2 Å². The van der Waals surface area contributed by atoms with Crippen LogP contribution in [0.4, 0.5) is 4.79 Å². The van der Waals surface area contributed by atoms with E-state index in [1.807, 2.05) is 13.8 Å². The number of halogens is 2. The van der Waals surface area contributed by atoms with E-state index in [-0.39, 0.29) is 31.0 Å². The summed E-state index contributed by atoms with van der Waals surface area (Å²) in [6.45, 7) is 4.23. The fourth-order valence-electron chi connectivity index (χ4n) is 2.04. The number of amides is 3. The van der Waals surface area contributed by atoms with Crippen LogP contribution in [0.25, 0.3) is 0 Å². The summed E-state index contributed by atoms with van der Waals surface area (Å²) in [6, 6.07) is 4.36. The van der Waals surface area contributed by atoms with E-state index in [9.17, 15) is 9.59 Å². The Morgan fingerprint density at radius 1 is 1.43 bits per heavy atom. The molecule has 0 radical (unpaired) electrons. The molecule has 5 nitrogen and oxygen atoms in total. The van der Waals surface area contributed by atoms with Gasteiger partial charge in [0.05, 0.1) is 11.0 Å². The van der Waals surface area contributed by atoms with Crippen LogP contribution in [0.1, 0.15) is 13.8 Å². The van der Waals surface area contributed by atoms with E-state index in [0.29, 0.717) is 10.8 Å². The fourth-order valence-corrected chi connectivity index (χ4v) is 2.84. The van der Waals surface area contributed by atoms with Crippen molar-refractivity contribution in [2.75, 3.05) is 13.2 Å². The van der Waals surface area contributed by atoms with Crippen LogP contribution in [-0.2, 0) is 4.79 Å². The molecular formula is C14H16BrClN2O3. The SMILES string of the molecule is CC(C)C1NC(=O)N(CCOc2ccc(Cl)cc2Br)C1=O. The molecule has 0 saturated carbocycles. The number of rotatable bonds is 5. The van der Waals surface area contributed by atoms with E-state index >= 15 is 0 Å². The molecule has 1 aliphatic rings. The molecule has 114 valence electrons. The summed E-state index contributed by atoms with van der Waals surface area (Å²) in [6.07, 6.45) is 0. The smallest absolute Gasteiger partial charge is 0.324 e. The maximum Gasteiger partial charge on any atom is 0.324 e. The Balaban J connectivity index is 1.91. The Bertz CT molecular complexity index is 565. The second kappa shape index (κ2) is 6.66. The van der Waals surface area contributed by atoms with Gasteiger partial charge in [-0.1, -0.05) is 25.4 Å². The van der Waals surface area contributed by atoms with Crippen LogP contribution in [0.2, 0.25) is 5.02 Å². The molecule has 1 unspecified atom stereocenters. The third-order valence-electron chi connectivity index (χ3n) is 3.19. The van der Waals surface area contributed by atoms with Crippen LogP contribution in [0.5, 0.6) is 5.75 Å². The molecule has 1 aromatic rings. The second-order valence-corrected chi connectivity index (χ2v) is 6.38. The molecule has 0 aromatic heterocycles. The Labute approximate surface area is 136 Å². The van der Waals surface area contributed by atoms with Crippen molar-refractivity contribution in [3.63, 3.8) is 0 Å². The van der Waals surface area contributed by atoms with E-state index in [4.69, 9.17) is 16.3 Å². The van der Waals surface area contributed by atoms with E-state index in [0.717, 1.165) is 4.47 Å². The van der Waals surface area contributed by atoms with Crippen LogP contribution >= 0.6 is 27.5 Å². The average molecular weight is 376 g/mol. The summed E-state index contributed by atoms with van der Waals surface area (Å²) >= 11 is 9.19. The summed E-state index contributed by atoms with van der Waals surface area (Å²) in [5.74, 6) is 0.485. The maximum absolute atomic E-state index is 12.1. The molecule has 7 heteroatoms. The number of hydrogen-bond acceptors (Lipinski definition) is 3. The number of ether oxygens (including phenoxy) is 1. The number of carbonyl (C=O) groups excluding carboxylic acids is 2. The van der Waals surface area contributed by atoms with Gasteiger partial charge in [-0.05, 0) is 40.0 Å². The molecule has 1 N–H and O–H groups in total. The minimum atomic E-state index is -0.445. The van der Waals surface area contributed by atoms with Crippen LogP contribution < -0.4 is 10.1 Å². The molecule has 1 fully saturated rings. The van der Waals surface area contributed by atoms with Crippen LogP contribution in [0.3, 0.4) is 0 Å². The van der Waals surface area contributed by atoms with E-state index < -0.39 is 6.04 Å². The van der Waals surface area contributed by atoms with Crippen LogP contribution in [0.15, 0.2) is 22.7 Å². The van der Waals surface area contributed by atoms with Crippen molar-refractivity contribution in [3.05, 3.63) is 27.7 Å². The van der Waals surface area contributed by atoms with Gasteiger partial charge < -0.3 is 10.1 Å². The Morgan fingerprint density at radius 3 is 2.71 bits per heavy atom. The molecular weight excluding hydrogens is 360 g/mol. The maximum atomic E-state index is 12.1. The number of benzene rings is 1. The molecule has 0 spiro atoms. The van der Waals surface area contributed by atoms with E-state index in [1.165, 1.54) is 4.90 Å². The van der Waals surface area contributed by atoms with Crippen molar-refractivity contribution in [2.45, 2.75) is 19.9 Å². The van der Waals surface area contributed by atoms with E-state index in [1.54, 1.807) is 18.2 Å². The summed E-state index contributed by atoms with van der Waals surface area (Å²) in [5, 5.41) is 3.28. The van der Waals surface area contributed by atoms with Gasteiger partial charge in [0.25, 0.3) is 5.91 Å². The zero-order chi connectivity index (χ0) is 15.6. The van der Waals surface area contributed by atoms with E-state index in [2.05, 4.69) is 21.2 Å². The molecule has 0 bridgehead atoms. The quantitative estimate of drug-likeness (QED) is 0.805. The number of imide groups is 1. The van der Waals surface area contributed by atoms with Crippen molar-refractivity contribution >= 4 is 39.5 Å². The minimum Gasteiger partial charge on any atom is -0.491 e. The highest BCUT2D eigenvalue weighted by molar-refractivity contribution is 9.10. The molecule has 0 aliphatic carbocycles. The van der Waals surface area contributed by atoms with Gasteiger partial charge in [-0.15, -0.1) is 0 Å². The highest BCUT2D eigenvalue weighted by atomic mass is 79.9. The highest BCUT2D eigenvalue weighted by Gasteiger charge is 2.39. The highest BCUT2D eigenvalue weighted by Crippen LogP contribution is 2.28. The lowest BCUT2D eigenvalue weighted by Crippen LogP contribution is -2.36. The van der Waals surface area contributed by atoms with Crippen molar-refractivity contribution in [2.24, 2.45) is 5.92 Å². The van der Waals surface area contributed by atoms with Crippen molar-refractivity contribution in [3.8, 4) is 5.75 Å². The zero-order valence-corrected chi connectivity index (χ0v) is 14.1. The monoisotopic (exact) mass is 374 g/mol. The molecule has 2 rings (SSSR count). The zero-order valence-electron chi connectivity index (χ0n) is 11.7. The Kier molecular flexibility index (Phi) is 5.11. The third kappa shape index (κ3) is 3.68. The van der Waals surface area contributed by atoms with Gasteiger partial charge in [0.2, 0.25) is 0 Å². The predicted molar refractivity (Wildman–Crippen MR) is 83.5 cm³/mol. The molecule has 1 aromatic carbocycles. The predicted octanol–water partition coefficient (Wildman–Crippen LogP) is 3.06. The molecule has 1 saturated heterocycles. The normalized spacial score (nSPS) is 18.3. The molecule has 1 atom stereocenters. The van der Waals surface area contributed by atoms with Gasteiger partial charge >= 0.3 is 6.03 Å². The average Bonchev–Trinajstić information content (AvgIpc) is 2.69. The largest absolute Gasteiger partial charge is 0.491 e. The summed E-state index contributed by atoms with van der Waals surface area (Å²) < 4.78 is 6.30. The molecule has 1 aliphatic heterocycles. The Morgan fingerprint density at radius 2 is 2.14 bits per heavy atom.